The zero-order chi connectivity index (χ0) is 13.6. The lowest BCUT2D eigenvalue weighted by molar-refractivity contribution is -0.103. The van der Waals surface area contributed by atoms with E-state index in [0.717, 1.165) is 0 Å². The van der Waals surface area contributed by atoms with Gasteiger partial charge in [0.05, 0.1) is 0 Å². The molecule has 0 aliphatic heterocycles. The molecule has 0 heterocycles. The highest BCUT2D eigenvalue weighted by atomic mass is 16.6. The number of hydrogen-bond acceptors (Lipinski definition) is 3. The summed E-state index contributed by atoms with van der Waals surface area (Å²) in [7, 11) is 0. The zero-order valence-corrected chi connectivity index (χ0v) is 10.6. The minimum atomic E-state index is -0.543. The molecule has 0 saturated carbocycles. The lowest BCUT2D eigenvalue weighted by Crippen LogP contribution is -2.27. The van der Waals surface area contributed by atoms with Gasteiger partial charge in [0.1, 0.15) is 5.60 Å². The number of carbonyl (C=O) groups excluding carboxylic acids is 2. The standard InChI is InChI=1S/C14H15NO3/c1-14(2,3)18-13(17)15-12-8-4-6-11(10-12)7-5-9-16/h4,6,8-10H,1-3H3,(H,15,17). The molecule has 1 N–H and O–H groups in total. The van der Waals surface area contributed by atoms with E-state index in [1.807, 2.05) is 0 Å². The topological polar surface area (TPSA) is 55.4 Å². The molecule has 1 rings (SSSR count). The van der Waals surface area contributed by atoms with Crippen molar-refractivity contribution in [2.24, 2.45) is 0 Å². The van der Waals surface area contributed by atoms with Crippen LogP contribution >= 0.6 is 0 Å². The van der Waals surface area contributed by atoms with Crippen molar-refractivity contribution in [3.05, 3.63) is 29.8 Å². The molecule has 18 heavy (non-hydrogen) atoms. The van der Waals surface area contributed by atoms with E-state index in [-0.39, 0.29) is 0 Å². The van der Waals surface area contributed by atoms with Gasteiger partial charge in [-0.1, -0.05) is 12.0 Å². The van der Waals surface area contributed by atoms with Gasteiger partial charge in [-0.05, 0) is 44.9 Å². The van der Waals surface area contributed by atoms with Gasteiger partial charge in [0.2, 0.25) is 0 Å². The van der Waals surface area contributed by atoms with Crippen molar-refractivity contribution in [1.82, 2.24) is 0 Å². The number of ether oxygens (including phenoxy) is 1. The maximum Gasteiger partial charge on any atom is 0.412 e. The zero-order valence-electron chi connectivity index (χ0n) is 10.6. The van der Waals surface area contributed by atoms with Gasteiger partial charge in [-0.3, -0.25) is 10.1 Å². The Labute approximate surface area is 106 Å². The van der Waals surface area contributed by atoms with Crippen molar-refractivity contribution in [3.63, 3.8) is 0 Å². The van der Waals surface area contributed by atoms with Crippen LogP contribution in [0.25, 0.3) is 0 Å². The van der Waals surface area contributed by atoms with Crippen LogP contribution in [0.15, 0.2) is 24.3 Å². The van der Waals surface area contributed by atoms with Crippen molar-refractivity contribution >= 4 is 18.1 Å². The number of amides is 1. The summed E-state index contributed by atoms with van der Waals surface area (Å²) in [4.78, 5) is 21.7. The van der Waals surface area contributed by atoms with Crippen LogP contribution in [0.3, 0.4) is 0 Å². The maximum absolute atomic E-state index is 11.5. The van der Waals surface area contributed by atoms with E-state index in [2.05, 4.69) is 17.2 Å². The molecule has 0 bridgehead atoms. The van der Waals surface area contributed by atoms with Crippen LogP contribution in [0.5, 0.6) is 0 Å². The molecule has 0 fully saturated rings. The maximum atomic E-state index is 11.5. The van der Waals surface area contributed by atoms with E-state index < -0.39 is 11.7 Å². The smallest absolute Gasteiger partial charge is 0.412 e. The fraction of sp³-hybridized carbons (Fsp3) is 0.286. The largest absolute Gasteiger partial charge is 0.444 e. The summed E-state index contributed by atoms with van der Waals surface area (Å²) in [6, 6.07) is 6.87. The highest BCUT2D eigenvalue weighted by molar-refractivity contribution is 5.85. The molecule has 0 aliphatic carbocycles. The third-order valence-electron chi connectivity index (χ3n) is 1.78. The molecule has 4 heteroatoms. The van der Waals surface area contributed by atoms with Crippen LogP contribution in [0, 0.1) is 11.8 Å². The second-order valence-corrected chi connectivity index (χ2v) is 4.59. The van der Waals surface area contributed by atoms with E-state index in [0.29, 0.717) is 17.5 Å². The summed E-state index contributed by atoms with van der Waals surface area (Å²) in [6.07, 6.45) is -0.00321. The van der Waals surface area contributed by atoms with Gasteiger partial charge in [0, 0.05) is 11.3 Å². The van der Waals surface area contributed by atoms with Crippen LogP contribution in [0.2, 0.25) is 0 Å². The molecular formula is C14H15NO3. The first-order valence-electron chi connectivity index (χ1n) is 5.46. The Morgan fingerprint density at radius 2 is 2.11 bits per heavy atom. The van der Waals surface area contributed by atoms with Crippen LogP contribution in [-0.2, 0) is 9.53 Å². The van der Waals surface area contributed by atoms with E-state index >= 15 is 0 Å². The summed E-state index contributed by atoms with van der Waals surface area (Å²) in [5, 5.41) is 2.60. The van der Waals surface area contributed by atoms with Crippen molar-refractivity contribution in [2.45, 2.75) is 26.4 Å². The fourth-order valence-electron chi connectivity index (χ4n) is 1.21. The third kappa shape index (κ3) is 5.17. The molecule has 0 radical (unpaired) electrons. The minimum absolute atomic E-state index is 0.522. The van der Waals surface area contributed by atoms with E-state index in [9.17, 15) is 9.59 Å². The number of hydrogen-bond donors (Lipinski definition) is 1. The van der Waals surface area contributed by atoms with Crippen molar-refractivity contribution < 1.29 is 14.3 Å². The third-order valence-corrected chi connectivity index (χ3v) is 1.78. The average Bonchev–Trinajstić information content (AvgIpc) is 2.24. The first kappa shape index (κ1) is 13.8. The molecule has 0 saturated heterocycles. The number of anilines is 1. The Balaban J connectivity index is 2.73. The number of benzene rings is 1. The van der Waals surface area contributed by atoms with E-state index in [4.69, 9.17) is 4.74 Å². The molecule has 94 valence electrons. The van der Waals surface area contributed by atoms with Crippen LogP contribution < -0.4 is 5.32 Å². The summed E-state index contributed by atoms with van der Waals surface area (Å²) in [6.45, 7) is 5.37. The average molecular weight is 245 g/mol. The summed E-state index contributed by atoms with van der Waals surface area (Å²) in [5.41, 5.74) is 0.677. The molecular weight excluding hydrogens is 230 g/mol. The summed E-state index contributed by atoms with van der Waals surface area (Å²) >= 11 is 0. The molecule has 0 aromatic heterocycles. The number of rotatable bonds is 1. The Morgan fingerprint density at radius 1 is 1.39 bits per heavy atom. The first-order chi connectivity index (χ1) is 8.40. The fourth-order valence-corrected chi connectivity index (χ4v) is 1.21. The van der Waals surface area contributed by atoms with Gasteiger partial charge in [0.15, 0.2) is 6.29 Å². The summed E-state index contributed by atoms with van der Waals surface area (Å²) in [5.74, 6) is 4.95. The van der Waals surface area contributed by atoms with Crippen molar-refractivity contribution in [2.75, 3.05) is 5.32 Å². The van der Waals surface area contributed by atoms with Gasteiger partial charge in [0.25, 0.3) is 0 Å². The molecule has 0 atom stereocenters. The summed E-state index contributed by atoms with van der Waals surface area (Å²) < 4.78 is 5.12. The van der Waals surface area contributed by atoms with E-state index in [1.54, 1.807) is 45.0 Å². The number of carbonyl (C=O) groups is 2. The van der Waals surface area contributed by atoms with Gasteiger partial charge in [-0.15, -0.1) is 0 Å². The number of nitrogens with one attached hydrogen (secondary N) is 1. The van der Waals surface area contributed by atoms with Crippen LogP contribution in [0.4, 0.5) is 10.5 Å². The normalized spacial score (nSPS) is 9.94. The molecule has 0 unspecified atom stereocenters. The van der Waals surface area contributed by atoms with E-state index in [1.165, 1.54) is 0 Å². The Kier molecular flexibility index (Phi) is 4.50. The predicted octanol–water partition coefficient (Wildman–Crippen LogP) is 2.58. The molecule has 4 nitrogen and oxygen atoms in total. The monoisotopic (exact) mass is 245 g/mol. The molecule has 1 amide bonds. The van der Waals surface area contributed by atoms with Gasteiger partial charge in [-0.25, -0.2) is 4.79 Å². The van der Waals surface area contributed by atoms with Gasteiger partial charge < -0.3 is 4.74 Å². The highest BCUT2D eigenvalue weighted by Crippen LogP contribution is 2.13. The molecule has 1 aromatic rings. The van der Waals surface area contributed by atoms with Gasteiger partial charge in [-0.2, -0.15) is 0 Å². The first-order valence-corrected chi connectivity index (χ1v) is 5.46. The predicted molar refractivity (Wildman–Crippen MR) is 69.2 cm³/mol. The minimum Gasteiger partial charge on any atom is -0.444 e. The molecule has 0 spiro atoms. The van der Waals surface area contributed by atoms with Crippen molar-refractivity contribution in [3.8, 4) is 11.8 Å². The Bertz CT molecular complexity index is 504. The Morgan fingerprint density at radius 3 is 2.72 bits per heavy atom. The lowest BCUT2D eigenvalue weighted by Gasteiger charge is -2.19. The second kappa shape index (κ2) is 5.87. The molecule has 1 aromatic carbocycles. The Hall–Kier alpha value is -2.28. The van der Waals surface area contributed by atoms with Crippen LogP contribution in [0.1, 0.15) is 26.3 Å². The van der Waals surface area contributed by atoms with Gasteiger partial charge >= 0.3 is 6.09 Å². The van der Waals surface area contributed by atoms with Crippen LogP contribution in [-0.4, -0.2) is 18.0 Å². The van der Waals surface area contributed by atoms with Crippen molar-refractivity contribution in [1.29, 1.82) is 0 Å². The number of aldehydes is 1. The SMILES string of the molecule is CC(C)(C)OC(=O)Nc1cccc(C#CC=O)c1. The molecule has 0 aliphatic rings. The quantitative estimate of drug-likeness (QED) is 0.611. The lowest BCUT2D eigenvalue weighted by atomic mass is 10.2. The highest BCUT2D eigenvalue weighted by Gasteiger charge is 2.15. The second-order valence-electron chi connectivity index (χ2n) is 4.59.